The summed E-state index contributed by atoms with van der Waals surface area (Å²) in [5.41, 5.74) is 0. The number of fused-ring (bicyclic) bond motifs is 1. The van der Waals surface area contributed by atoms with Gasteiger partial charge < -0.3 is 5.32 Å². The van der Waals surface area contributed by atoms with E-state index in [4.69, 9.17) is 0 Å². The molecule has 1 saturated carbocycles. The lowest BCUT2D eigenvalue weighted by Gasteiger charge is -2.35. The van der Waals surface area contributed by atoms with Crippen LogP contribution in [0, 0.1) is 11.8 Å². The van der Waals surface area contributed by atoms with Gasteiger partial charge in [-0.2, -0.15) is 0 Å². The number of hydrogen-bond acceptors (Lipinski definition) is 3. The van der Waals surface area contributed by atoms with Gasteiger partial charge in [0, 0.05) is 0 Å². The zero-order valence-corrected chi connectivity index (χ0v) is 15.5. The van der Waals surface area contributed by atoms with Crippen LogP contribution in [0.25, 0.3) is 10.8 Å². The fourth-order valence-electron chi connectivity index (χ4n) is 4.72. The molecule has 2 fully saturated rings. The van der Waals surface area contributed by atoms with E-state index in [2.05, 4.69) is 5.32 Å². The molecule has 2 aliphatic rings. The minimum Gasteiger partial charge on any atom is -0.317 e. The van der Waals surface area contributed by atoms with Gasteiger partial charge in [-0.1, -0.05) is 30.3 Å². The lowest BCUT2D eigenvalue weighted by Crippen LogP contribution is -2.35. The van der Waals surface area contributed by atoms with Crippen LogP contribution < -0.4 is 5.32 Å². The highest BCUT2D eigenvalue weighted by Crippen LogP contribution is 2.38. The predicted octanol–water partition coefficient (Wildman–Crippen LogP) is 4.17. The standard InChI is InChI=1S/C21H27NO2S/c23-25(24,21-10-7-16-3-1-2-4-19(16)15-21)20-8-5-17(6-9-20)18-11-13-22-14-12-18/h1-4,7,10,15,17-18,20,22H,5-6,8-9,11-14H2. The summed E-state index contributed by atoms with van der Waals surface area (Å²) in [5.74, 6) is 1.52. The lowest BCUT2D eigenvalue weighted by atomic mass is 9.76. The Balaban J connectivity index is 1.48. The Morgan fingerprint density at radius 1 is 0.760 bits per heavy atom. The van der Waals surface area contributed by atoms with Gasteiger partial charge in [-0.05, 0) is 86.4 Å². The second-order valence-corrected chi connectivity index (χ2v) is 9.91. The highest BCUT2D eigenvalue weighted by atomic mass is 32.2. The van der Waals surface area contributed by atoms with Crippen LogP contribution in [0.1, 0.15) is 38.5 Å². The number of hydrogen-bond donors (Lipinski definition) is 1. The van der Waals surface area contributed by atoms with Crippen LogP contribution in [0.5, 0.6) is 0 Å². The van der Waals surface area contributed by atoms with Gasteiger partial charge in [-0.15, -0.1) is 0 Å². The van der Waals surface area contributed by atoms with E-state index < -0.39 is 9.84 Å². The van der Waals surface area contributed by atoms with Gasteiger partial charge in [-0.3, -0.25) is 0 Å². The molecule has 0 amide bonds. The first-order chi connectivity index (χ1) is 12.1. The van der Waals surface area contributed by atoms with Gasteiger partial charge in [0.25, 0.3) is 0 Å². The van der Waals surface area contributed by atoms with E-state index in [-0.39, 0.29) is 5.25 Å². The van der Waals surface area contributed by atoms with Gasteiger partial charge in [-0.25, -0.2) is 8.42 Å². The summed E-state index contributed by atoms with van der Waals surface area (Å²) in [6, 6.07) is 13.5. The predicted molar refractivity (Wildman–Crippen MR) is 102 cm³/mol. The minimum atomic E-state index is -3.22. The van der Waals surface area contributed by atoms with Crippen LogP contribution in [0.2, 0.25) is 0 Å². The molecule has 1 aliphatic heterocycles. The minimum absolute atomic E-state index is 0.202. The maximum absolute atomic E-state index is 13.1. The van der Waals surface area contributed by atoms with Crippen molar-refractivity contribution in [3.63, 3.8) is 0 Å². The van der Waals surface area contributed by atoms with Crippen LogP contribution in [-0.4, -0.2) is 26.8 Å². The zero-order valence-electron chi connectivity index (χ0n) is 14.7. The van der Waals surface area contributed by atoms with E-state index in [1.54, 1.807) is 6.07 Å². The summed E-state index contributed by atoms with van der Waals surface area (Å²) in [7, 11) is -3.22. The quantitative estimate of drug-likeness (QED) is 0.897. The normalized spacial score (nSPS) is 25.9. The Morgan fingerprint density at radius 3 is 2.12 bits per heavy atom. The van der Waals surface area contributed by atoms with Crippen molar-refractivity contribution in [3.05, 3.63) is 42.5 Å². The van der Waals surface area contributed by atoms with Crippen molar-refractivity contribution in [2.75, 3.05) is 13.1 Å². The largest absolute Gasteiger partial charge is 0.317 e. The van der Waals surface area contributed by atoms with Crippen molar-refractivity contribution in [2.24, 2.45) is 11.8 Å². The fourth-order valence-corrected chi connectivity index (χ4v) is 6.55. The van der Waals surface area contributed by atoms with E-state index in [0.29, 0.717) is 4.90 Å². The first-order valence-electron chi connectivity index (χ1n) is 9.58. The Bertz CT molecular complexity index is 832. The number of piperidine rings is 1. The molecule has 2 aromatic rings. The molecule has 0 atom stereocenters. The number of benzene rings is 2. The summed E-state index contributed by atoms with van der Waals surface area (Å²) in [6.45, 7) is 2.25. The molecule has 1 saturated heterocycles. The van der Waals surface area contributed by atoms with Crippen molar-refractivity contribution in [3.8, 4) is 0 Å². The summed E-state index contributed by atoms with van der Waals surface area (Å²) < 4.78 is 26.2. The van der Waals surface area contributed by atoms with E-state index in [9.17, 15) is 8.42 Å². The molecule has 0 spiro atoms. The lowest BCUT2D eigenvalue weighted by molar-refractivity contribution is 0.204. The van der Waals surface area contributed by atoms with Crippen molar-refractivity contribution >= 4 is 20.6 Å². The van der Waals surface area contributed by atoms with Crippen molar-refractivity contribution in [2.45, 2.75) is 48.7 Å². The molecule has 1 aliphatic carbocycles. The molecule has 1 N–H and O–H groups in total. The third-order valence-corrected chi connectivity index (χ3v) is 8.52. The summed E-state index contributed by atoms with van der Waals surface area (Å²) in [4.78, 5) is 0.497. The highest BCUT2D eigenvalue weighted by molar-refractivity contribution is 7.92. The van der Waals surface area contributed by atoms with Gasteiger partial charge in [0.1, 0.15) is 0 Å². The van der Waals surface area contributed by atoms with E-state index >= 15 is 0 Å². The highest BCUT2D eigenvalue weighted by Gasteiger charge is 2.35. The Kier molecular flexibility index (Phi) is 4.83. The summed E-state index contributed by atoms with van der Waals surface area (Å²) >= 11 is 0. The third kappa shape index (κ3) is 3.47. The second kappa shape index (κ2) is 7.08. The van der Waals surface area contributed by atoms with Crippen LogP contribution in [0.3, 0.4) is 0 Å². The summed E-state index contributed by atoms with van der Waals surface area (Å²) in [6.07, 6.45) is 6.30. The maximum atomic E-state index is 13.1. The Morgan fingerprint density at radius 2 is 1.40 bits per heavy atom. The van der Waals surface area contributed by atoms with Gasteiger partial charge in [0.2, 0.25) is 0 Å². The van der Waals surface area contributed by atoms with Gasteiger partial charge in [0.05, 0.1) is 10.1 Å². The van der Waals surface area contributed by atoms with Crippen LogP contribution >= 0.6 is 0 Å². The number of rotatable bonds is 3. The molecule has 3 nitrogen and oxygen atoms in total. The average molecular weight is 358 g/mol. The first-order valence-corrected chi connectivity index (χ1v) is 11.1. The second-order valence-electron chi connectivity index (χ2n) is 7.68. The molecule has 0 bridgehead atoms. The number of sulfone groups is 1. The van der Waals surface area contributed by atoms with Crippen molar-refractivity contribution < 1.29 is 8.42 Å². The van der Waals surface area contributed by atoms with E-state index in [1.165, 1.54) is 12.8 Å². The molecular formula is C21H27NO2S. The third-order valence-electron chi connectivity index (χ3n) is 6.26. The van der Waals surface area contributed by atoms with E-state index in [0.717, 1.165) is 61.4 Å². The maximum Gasteiger partial charge on any atom is 0.181 e. The molecular weight excluding hydrogens is 330 g/mol. The summed E-state index contributed by atoms with van der Waals surface area (Å²) in [5, 5.41) is 5.32. The number of nitrogens with one attached hydrogen (secondary N) is 1. The Hall–Kier alpha value is -1.39. The molecule has 25 heavy (non-hydrogen) atoms. The molecule has 0 aromatic heterocycles. The van der Waals surface area contributed by atoms with Gasteiger partial charge >= 0.3 is 0 Å². The average Bonchev–Trinajstić information content (AvgIpc) is 2.68. The molecule has 0 unspecified atom stereocenters. The first kappa shape index (κ1) is 17.0. The van der Waals surface area contributed by atoms with Crippen LogP contribution in [0.4, 0.5) is 0 Å². The molecule has 4 heteroatoms. The monoisotopic (exact) mass is 357 g/mol. The smallest absolute Gasteiger partial charge is 0.181 e. The molecule has 2 aromatic carbocycles. The molecule has 1 heterocycles. The van der Waals surface area contributed by atoms with E-state index in [1.807, 2.05) is 36.4 Å². The van der Waals surface area contributed by atoms with Crippen LogP contribution in [0.15, 0.2) is 47.4 Å². The van der Waals surface area contributed by atoms with Gasteiger partial charge in [0.15, 0.2) is 9.84 Å². The van der Waals surface area contributed by atoms with Crippen LogP contribution in [-0.2, 0) is 9.84 Å². The molecule has 0 radical (unpaired) electrons. The Labute approximate surface area is 150 Å². The zero-order chi connectivity index (χ0) is 17.3. The molecule has 4 rings (SSSR count). The SMILES string of the molecule is O=S(=O)(c1ccc2ccccc2c1)C1CCC(C2CCNCC2)CC1. The molecule has 134 valence electrons. The van der Waals surface area contributed by atoms with Crippen molar-refractivity contribution in [1.82, 2.24) is 5.32 Å². The fraction of sp³-hybridized carbons (Fsp3) is 0.524. The van der Waals surface area contributed by atoms with Crippen molar-refractivity contribution in [1.29, 1.82) is 0 Å². The topological polar surface area (TPSA) is 46.2 Å².